The molecule has 1 amide bonds. The van der Waals surface area contributed by atoms with Gasteiger partial charge < -0.3 is 9.64 Å². The van der Waals surface area contributed by atoms with Crippen molar-refractivity contribution >= 4 is 34.6 Å². The van der Waals surface area contributed by atoms with E-state index in [0.29, 0.717) is 37.9 Å². The molecule has 0 N–H and O–H groups in total. The summed E-state index contributed by atoms with van der Waals surface area (Å²) in [5.74, 6) is 2.17. The second-order valence-corrected chi connectivity index (χ2v) is 12.0. The minimum atomic E-state index is 0.102. The fourth-order valence-electron chi connectivity index (χ4n) is 6.21. The first-order valence-electron chi connectivity index (χ1n) is 14.0. The van der Waals surface area contributed by atoms with E-state index in [9.17, 15) is 4.79 Å². The van der Waals surface area contributed by atoms with Crippen LogP contribution in [0.15, 0.2) is 53.5 Å². The second kappa shape index (κ2) is 10.6. The topological polar surface area (TPSA) is 72.6 Å². The first-order valence-corrected chi connectivity index (χ1v) is 15.2. The third kappa shape index (κ3) is 4.29. The molecule has 2 aromatic heterocycles. The minimum absolute atomic E-state index is 0.102. The average molecular weight is 572 g/mol. The number of ether oxygens (including phenoxy) is 1. The number of amides is 1. The number of aliphatic imine (C=N–C) groups is 1. The largest absolute Gasteiger partial charge is 0.378 e. The van der Waals surface area contributed by atoms with Gasteiger partial charge in [-0.25, -0.2) is 0 Å². The van der Waals surface area contributed by atoms with Crippen molar-refractivity contribution in [2.24, 2.45) is 4.99 Å². The summed E-state index contributed by atoms with van der Waals surface area (Å²) in [6, 6.07) is 16.1. The fraction of sp³-hybridized carbons (Fsp3) is 0.355. The highest BCUT2D eigenvalue weighted by Gasteiger charge is 2.36. The number of carbonyl (C=O) groups excluding carboxylic acids is 1. The van der Waals surface area contributed by atoms with Crippen molar-refractivity contribution in [3.63, 3.8) is 0 Å². The van der Waals surface area contributed by atoms with Gasteiger partial charge in [0.2, 0.25) is 0 Å². The van der Waals surface area contributed by atoms with E-state index in [1.54, 1.807) is 0 Å². The van der Waals surface area contributed by atoms with Gasteiger partial charge in [-0.15, -0.1) is 21.5 Å². The molecule has 1 unspecified atom stereocenters. The molecule has 2 aliphatic heterocycles. The maximum Gasteiger partial charge on any atom is 0.254 e. The number of aromatic nitrogens is 3. The van der Waals surface area contributed by atoms with Gasteiger partial charge in [0.15, 0.2) is 5.82 Å². The molecule has 0 spiro atoms. The quantitative estimate of drug-likeness (QED) is 0.311. The number of carbonyl (C=O) groups is 1. The molecule has 2 aromatic carbocycles. The molecule has 204 valence electrons. The summed E-state index contributed by atoms with van der Waals surface area (Å²) < 4.78 is 7.72. The molecule has 9 heteroatoms. The summed E-state index contributed by atoms with van der Waals surface area (Å²) in [4.78, 5) is 21.9. The standard InChI is InChI=1S/C31H30ClN5O2S/c1-2-7-26-34-35-27-18-33-29(22-10-5-6-11-24(22)32)28-23-16-19(17-25(23)40-31(28)37(26)27)20-8-3-4-9-21(20)30(38)36-12-14-39-15-13-36/h3-6,8-11,19H,2,7,12-18H2,1H3. The zero-order valence-corrected chi connectivity index (χ0v) is 24.0. The normalized spacial score (nSPS) is 18.1. The van der Waals surface area contributed by atoms with Gasteiger partial charge >= 0.3 is 0 Å². The molecule has 1 aliphatic carbocycles. The van der Waals surface area contributed by atoms with Crippen LogP contribution in [0, 0.1) is 0 Å². The van der Waals surface area contributed by atoms with Crippen LogP contribution >= 0.6 is 22.9 Å². The zero-order valence-electron chi connectivity index (χ0n) is 22.4. The molecule has 4 aromatic rings. The van der Waals surface area contributed by atoms with Gasteiger partial charge in [0.1, 0.15) is 17.4 Å². The maximum absolute atomic E-state index is 13.6. The fourth-order valence-corrected chi connectivity index (χ4v) is 7.88. The van der Waals surface area contributed by atoms with E-state index in [1.165, 1.54) is 10.4 Å². The van der Waals surface area contributed by atoms with Gasteiger partial charge in [0, 0.05) is 46.1 Å². The molecule has 7 rings (SSSR count). The van der Waals surface area contributed by atoms with Gasteiger partial charge in [-0.2, -0.15) is 0 Å². The number of morpholine rings is 1. The van der Waals surface area contributed by atoms with Crippen molar-refractivity contribution in [2.45, 2.75) is 45.1 Å². The summed E-state index contributed by atoms with van der Waals surface area (Å²) >= 11 is 8.57. The monoisotopic (exact) mass is 571 g/mol. The van der Waals surface area contributed by atoms with Gasteiger partial charge in [0.25, 0.3) is 5.91 Å². The van der Waals surface area contributed by atoms with Crippen LogP contribution < -0.4 is 0 Å². The van der Waals surface area contributed by atoms with Crippen LogP contribution in [0.1, 0.15) is 68.4 Å². The predicted molar refractivity (Wildman–Crippen MR) is 157 cm³/mol. The van der Waals surface area contributed by atoms with Crippen molar-refractivity contribution in [2.75, 3.05) is 26.3 Å². The van der Waals surface area contributed by atoms with Crippen LogP contribution in [0.3, 0.4) is 0 Å². The van der Waals surface area contributed by atoms with Crippen LogP contribution in [0.25, 0.3) is 5.00 Å². The summed E-state index contributed by atoms with van der Waals surface area (Å²) in [5, 5.41) is 10.9. The molecular weight excluding hydrogens is 542 g/mol. The molecule has 3 aliphatic rings. The summed E-state index contributed by atoms with van der Waals surface area (Å²) in [6.45, 7) is 5.08. The Morgan fingerprint density at radius 2 is 1.88 bits per heavy atom. The molecular formula is C31H30ClN5O2S. The van der Waals surface area contributed by atoms with E-state index in [4.69, 9.17) is 21.3 Å². The van der Waals surface area contributed by atoms with Gasteiger partial charge in [-0.3, -0.25) is 14.4 Å². The number of nitrogens with zero attached hydrogens (tertiary/aromatic N) is 5. The Balaban J connectivity index is 1.32. The maximum atomic E-state index is 13.6. The lowest BCUT2D eigenvalue weighted by molar-refractivity contribution is 0.0302. The van der Waals surface area contributed by atoms with Crippen LogP contribution in [0.2, 0.25) is 5.02 Å². The second-order valence-electron chi connectivity index (χ2n) is 10.5. The third-order valence-electron chi connectivity index (χ3n) is 8.10. The number of aryl methyl sites for hydroxylation is 1. The lowest BCUT2D eigenvalue weighted by Gasteiger charge is -2.28. The molecule has 0 radical (unpaired) electrons. The molecule has 40 heavy (non-hydrogen) atoms. The Kier molecular flexibility index (Phi) is 6.78. The van der Waals surface area contributed by atoms with Crippen LogP contribution in [-0.4, -0.2) is 57.6 Å². The van der Waals surface area contributed by atoms with Crippen molar-refractivity contribution in [3.8, 4) is 5.00 Å². The number of hydrogen-bond donors (Lipinski definition) is 0. The molecule has 1 atom stereocenters. The molecule has 0 bridgehead atoms. The molecule has 1 fully saturated rings. The van der Waals surface area contributed by atoms with Crippen molar-refractivity contribution in [3.05, 3.63) is 97.9 Å². The van der Waals surface area contributed by atoms with Crippen LogP contribution in [0.4, 0.5) is 0 Å². The lowest BCUT2D eigenvalue weighted by Crippen LogP contribution is -2.41. The number of rotatable bonds is 5. The summed E-state index contributed by atoms with van der Waals surface area (Å²) in [6.07, 6.45) is 3.58. The van der Waals surface area contributed by atoms with Gasteiger partial charge in [0.05, 0.1) is 18.9 Å². The smallest absolute Gasteiger partial charge is 0.254 e. The highest BCUT2D eigenvalue weighted by molar-refractivity contribution is 7.15. The van der Waals surface area contributed by atoms with E-state index in [1.807, 2.05) is 46.6 Å². The van der Waals surface area contributed by atoms with E-state index in [2.05, 4.69) is 39.9 Å². The van der Waals surface area contributed by atoms with Crippen molar-refractivity contribution in [1.82, 2.24) is 19.7 Å². The van der Waals surface area contributed by atoms with Gasteiger partial charge in [-0.1, -0.05) is 54.9 Å². The summed E-state index contributed by atoms with van der Waals surface area (Å²) in [7, 11) is 0. The Hall–Kier alpha value is -3.33. The van der Waals surface area contributed by atoms with E-state index >= 15 is 0 Å². The first kappa shape index (κ1) is 25.6. The number of benzene rings is 2. The Morgan fingerprint density at radius 1 is 1.07 bits per heavy atom. The zero-order chi connectivity index (χ0) is 27.2. The molecule has 1 saturated heterocycles. The number of fused-ring (bicyclic) bond motifs is 5. The highest BCUT2D eigenvalue weighted by atomic mass is 35.5. The predicted octanol–water partition coefficient (Wildman–Crippen LogP) is 5.64. The van der Waals surface area contributed by atoms with Crippen molar-refractivity contribution < 1.29 is 9.53 Å². The van der Waals surface area contributed by atoms with Crippen LogP contribution in [0.5, 0.6) is 0 Å². The van der Waals surface area contributed by atoms with E-state index in [0.717, 1.165) is 70.3 Å². The van der Waals surface area contributed by atoms with E-state index < -0.39 is 0 Å². The SMILES string of the molecule is CCCc1nnc2n1-c1sc3c(c1C(c1ccccc1Cl)=NC2)CC(c1ccccc1C(=O)N1CCOCC1)C3. The first-order chi connectivity index (χ1) is 19.6. The Labute approximate surface area is 242 Å². The Morgan fingerprint density at radius 3 is 2.70 bits per heavy atom. The lowest BCUT2D eigenvalue weighted by atomic mass is 9.90. The van der Waals surface area contributed by atoms with E-state index in [-0.39, 0.29) is 11.8 Å². The molecule has 0 saturated carbocycles. The minimum Gasteiger partial charge on any atom is -0.378 e. The molecule has 4 heterocycles. The number of thiophene rings is 1. The summed E-state index contributed by atoms with van der Waals surface area (Å²) in [5.41, 5.74) is 6.24. The number of hydrogen-bond acceptors (Lipinski definition) is 6. The van der Waals surface area contributed by atoms with Crippen molar-refractivity contribution in [1.29, 1.82) is 0 Å². The number of halogens is 1. The highest BCUT2D eigenvalue weighted by Crippen LogP contribution is 2.46. The average Bonchev–Trinajstić information content (AvgIpc) is 3.65. The van der Waals surface area contributed by atoms with Crippen LogP contribution in [-0.2, 0) is 30.5 Å². The third-order valence-corrected chi connectivity index (χ3v) is 9.67. The van der Waals surface area contributed by atoms with Gasteiger partial charge in [-0.05, 0) is 48.4 Å². The molecule has 7 nitrogen and oxygen atoms in total. The Bertz CT molecular complexity index is 1630.